The second-order valence-corrected chi connectivity index (χ2v) is 8.33. The molecule has 1 aromatic rings. The molecule has 1 N–H and O–H groups in total. The van der Waals surface area contributed by atoms with Gasteiger partial charge in [0.15, 0.2) is 0 Å². The molecule has 7 heteroatoms. The van der Waals surface area contributed by atoms with Crippen LogP contribution in [0, 0.1) is 18.7 Å². The molecule has 0 bridgehead atoms. The van der Waals surface area contributed by atoms with Crippen molar-refractivity contribution in [3.8, 4) is 0 Å². The zero-order valence-electron chi connectivity index (χ0n) is 13.1. The lowest BCUT2D eigenvalue weighted by Crippen LogP contribution is -2.45. The molecule has 1 aliphatic carbocycles. The summed E-state index contributed by atoms with van der Waals surface area (Å²) in [5.41, 5.74) is 0.407. The minimum absolute atomic E-state index is 0.0520. The number of piperidine rings is 1. The van der Waals surface area contributed by atoms with Crippen LogP contribution in [0.1, 0.15) is 31.2 Å². The molecular formula is C16H21FN2O3S. The Morgan fingerprint density at radius 1 is 1.30 bits per heavy atom. The number of sulfonamides is 1. The first-order chi connectivity index (χ1) is 10.9. The molecule has 0 aromatic heterocycles. The summed E-state index contributed by atoms with van der Waals surface area (Å²) >= 11 is 0. The predicted octanol–water partition coefficient (Wildman–Crippen LogP) is 1.81. The van der Waals surface area contributed by atoms with Gasteiger partial charge in [-0.15, -0.1) is 0 Å². The minimum atomic E-state index is -3.77. The van der Waals surface area contributed by atoms with Crippen LogP contribution in [0.4, 0.5) is 4.39 Å². The molecule has 23 heavy (non-hydrogen) atoms. The third kappa shape index (κ3) is 3.55. The highest BCUT2D eigenvalue weighted by Crippen LogP contribution is 2.26. The average Bonchev–Trinajstić information content (AvgIpc) is 3.34. The summed E-state index contributed by atoms with van der Waals surface area (Å²) in [6.07, 6.45) is 3.33. The summed E-state index contributed by atoms with van der Waals surface area (Å²) in [4.78, 5) is 12.1. The molecule has 0 unspecified atom stereocenters. The first-order valence-corrected chi connectivity index (χ1v) is 9.38. The zero-order chi connectivity index (χ0) is 16.6. The second kappa shape index (κ2) is 6.20. The van der Waals surface area contributed by atoms with Crippen LogP contribution in [-0.2, 0) is 14.8 Å². The quantitative estimate of drug-likeness (QED) is 0.909. The highest BCUT2D eigenvalue weighted by molar-refractivity contribution is 7.89. The molecule has 2 aliphatic rings. The fraction of sp³-hybridized carbons (Fsp3) is 0.562. The lowest BCUT2D eigenvalue weighted by Gasteiger charge is -2.31. The number of nitrogens with zero attached hydrogens (tertiary/aromatic N) is 1. The molecule has 1 aromatic carbocycles. The van der Waals surface area contributed by atoms with E-state index in [0.29, 0.717) is 24.9 Å². The standard InChI is InChI=1S/C16H21FN2O3S/c1-11-4-7-14(9-15(11)17)23(21,22)19-8-2-3-12(10-19)16(20)18-13-5-6-13/h4,7,9,12-13H,2-3,5-6,8,10H2,1H3,(H,18,20)/t12-/m1/s1. The Bertz CT molecular complexity index is 716. The van der Waals surface area contributed by atoms with Gasteiger partial charge in [-0.3, -0.25) is 4.79 Å². The average molecular weight is 340 g/mol. The van der Waals surface area contributed by atoms with Crippen molar-refractivity contribution in [1.29, 1.82) is 0 Å². The largest absolute Gasteiger partial charge is 0.353 e. The van der Waals surface area contributed by atoms with E-state index in [4.69, 9.17) is 0 Å². The summed E-state index contributed by atoms with van der Waals surface area (Å²) in [6.45, 7) is 2.12. The number of carbonyl (C=O) groups is 1. The summed E-state index contributed by atoms with van der Waals surface area (Å²) in [5.74, 6) is -0.928. The van der Waals surface area contributed by atoms with Gasteiger partial charge in [-0.1, -0.05) is 6.07 Å². The van der Waals surface area contributed by atoms with E-state index in [-0.39, 0.29) is 29.3 Å². The molecule has 1 amide bonds. The molecule has 5 nitrogen and oxygen atoms in total. The van der Waals surface area contributed by atoms with E-state index in [9.17, 15) is 17.6 Å². The van der Waals surface area contributed by atoms with Crippen LogP contribution in [0.3, 0.4) is 0 Å². The Kier molecular flexibility index (Phi) is 4.42. The fourth-order valence-electron chi connectivity index (χ4n) is 2.80. The van der Waals surface area contributed by atoms with E-state index in [1.54, 1.807) is 6.92 Å². The molecule has 2 fully saturated rings. The van der Waals surface area contributed by atoms with E-state index in [1.165, 1.54) is 16.4 Å². The van der Waals surface area contributed by atoms with Crippen molar-refractivity contribution in [2.75, 3.05) is 13.1 Å². The number of hydrogen-bond acceptors (Lipinski definition) is 3. The van der Waals surface area contributed by atoms with Gasteiger partial charge in [-0.05, 0) is 50.3 Å². The molecule has 0 radical (unpaired) electrons. The van der Waals surface area contributed by atoms with E-state index in [1.807, 2.05) is 0 Å². The third-order valence-corrected chi connectivity index (χ3v) is 6.32. The summed E-state index contributed by atoms with van der Waals surface area (Å²) in [7, 11) is -3.77. The van der Waals surface area contributed by atoms with Crippen molar-refractivity contribution in [3.63, 3.8) is 0 Å². The predicted molar refractivity (Wildman–Crippen MR) is 83.8 cm³/mol. The number of benzene rings is 1. The molecule has 1 heterocycles. The van der Waals surface area contributed by atoms with Gasteiger partial charge in [0.2, 0.25) is 15.9 Å². The molecule has 1 aliphatic heterocycles. The second-order valence-electron chi connectivity index (χ2n) is 6.40. The van der Waals surface area contributed by atoms with E-state index in [2.05, 4.69) is 5.32 Å². The molecule has 1 saturated carbocycles. The number of aryl methyl sites for hydroxylation is 1. The van der Waals surface area contributed by atoms with Gasteiger partial charge in [-0.2, -0.15) is 4.31 Å². The Labute approximate surface area is 135 Å². The summed E-state index contributed by atoms with van der Waals surface area (Å²) in [6, 6.07) is 4.20. The number of nitrogens with one attached hydrogen (secondary N) is 1. The topological polar surface area (TPSA) is 66.5 Å². The van der Waals surface area contributed by atoms with Gasteiger partial charge >= 0.3 is 0 Å². The van der Waals surface area contributed by atoms with Gasteiger partial charge < -0.3 is 5.32 Å². The molecule has 0 spiro atoms. The van der Waals surface area contributed by atoms with Crippen molar-refractivity contribution < 1.29 is 17.6 Å². The van der Waals surface area contributed by atoms with Gasteiger partial charge in [0.25, 0.3) is 0 Å². The van der Waals surface area contributed by atoms with Crippen molar-refractivity contribution >= 4 is 15.9 Å². The maximum atomic E-state index is 13.7. The lowest BCUT2D eigenvalue weighted by molar-refractivity contribution is -0.126. The molecule has 1 atom stereocenters. The normalized spacial score (nSPS) is 22.8. The van der Waals surface area contributed by atoms with Crippen LogP contribution < -0.4 is 5.32 Å². The Hall–Kier alpha value is -1.47. The van der Waals surface area contributed by atoms with E-state index in [0.717, 1.165) is 18.9 Å². The first kappa shape index (κ1) is 16.4. The van der Waals surface area contributed by atoms with Crippen LogP contribution in [-0.4, -0.2) is 37.8 Å². The van der Waals surface area contributed by atoms with E-state index >= 15 is 0 Å². The molecular weight excluding hydrogens is 319 g/mol. The van der Waals surface area contributed by atoms with Crippen LogP contribution in [0.25, 0.3) is 0 Å². The molecule has 1 saturated heterocycles. The number of carbonyl (C=O) groups excluding carboxylic acids is 1. The number of amides is 1. The van der Waals surface area contributed by atoms with Crippen molar-refractivity contribution in [3.05, 3.63) is 29.6 Å². The Morgan fingerprint density at radius 3 is 2.70 bits per heavy atom. The van der Waals surface area contributed by atoms with Crippen LogP contribution >= 0.6 is 0 Å². The highest BCUT2D eigenvalue weighted by atomic mass is 32.2. The maximum Gasteiger partial charge on any atom is 0.243 e. The highest BCUT2D eigenvalue weighted by Gasteiger charge is 2.35. The zero-order valence-corrected chi connectivity index (χ0v) is 13.9. The lowest BCUT2D eigenvalue weighted by atomic mass is 9.99. The van der Waals surface area contributed by atoms with Gasteiger partial charge in [0.05, 0.1) is 10.8 Å². The van der Waals surface area contributed by atoms with Gasteiger partial charge in [-0.25, -0.2) is 12.8 Å². The number of hydrogen-bond donors (Lipinski definition) is 1. The molecule has 126 valence electrons. The molecule has 3 rings (SSSR count). The third-order valence-electron chi connectivity index (χ3n) is 4.46. The maximum absolute atomic E-state index is 13.7. The van der Waals surface area contributed by atoms with Crippen molar-refractivity contribution in [2.24, 2.45) is 5.92 Å². The minimum Gasteiger partial charge on any atom is -0.353 e. The monoisotopic (exact) mass is 340 g/mol. The van der Waals surface area contributed by atoms with Crippen LogP contribution in [0.15, 0.2) is 23.1 Å². The van der Waals surface area contributed by atoms with Gasteiger partial charge in [0, 0.05) is 19.1 Å². The Morgan fingerprint density at radius 2 is 2.04 bits per heavy atom. The van der Waals surface area contributed by atoms with Crippen molar-refractivity contribution in [1.82, 2.24) is 9.62 Å². The Balaban J connectivity index is 1.75. The fourth-order valence-corrected chi connectivity index (χ4v) is 4.34. The number of halogens is 1. The van der Waals surface area contributed by atoms with Crippen LogP contribution in [0.5, 0.6) is 0 Å². The van der Waals surface area contributed by atoms with Crippen LogP contribution in [0.2, 0.25) is 0 Å². The van der Waals surface area contributed by atoms with E-state index < -0.39 is 15.8 Å². The van der Waals surface area contributed by atoms with Crippen molar-refractivity contribution in [2.45, 2.75) is 43.5 Å². The summed E-state index contributed by atoms with van der Waals surface area (Å²) < 4.78 is 40.4. The van der Waals surface area contributed by atoms with Gasteiger partial charge in [0.1, 0.15) is 5.82 Å². The SMILES string of the molecule is Cc1ccc(S(=O)(=O)N2CCC[C@@H](C(=O)NC3CC3)C2)cc1F. The smallest absolute Gasteiger partial charge is 0.243 e. The number of rotatable bonds is 4. The summed E-state index contributed by atoms with van der Waals surface area (Å²) in [5, 5.41) is 2.93. The first-order valence-electron chi connectivity index (χ1n) is 7.94.